The molecule has 35 heavy (non-hydrogen) atoms. The van der Waals surface area contributed by atoms with Gasteiger partial charge in [-0.3, -0.25) is 4.79 Å². The lowest BCUT2D eigenvalue weighted by atomic mass is 10.1. The molecule has 5 rings (SSSR count). The SMILES string of the molecule is COC(=O)c1ccc(N2CCN(C(=O)[C@H]3CCCN3c3nc(C)c4cc(F)ccc4n3)CC2)cc1. The van der Waals surface area contributed by atoms with Crippen LogP contribution in [-0.2, 0) is 9.53 Å². The summed E-state index contributed by atoms with van der Waals surface area (Å²) in [4.78, 5) is 40.5. The third-order valence-corrected chi connectivity index (χ3v) is 6.88. The quantitative estimate of drug-likeness (QED) is 0.534. The van der Waals surface area contributed by atoms with Crippen molar-refractivity contribution in [3.8, 4) is 0 Å². The van der Waals surface area contributed by atoms with Crippen molar-refractivity contribution in [1.82, 2.24) is 14.9 Å². The molecule has 0 aliphatic carbocycles. The van der Waals surface area contributed by atoms with E-state index in [4.69, 9.17) is 4.74 Å². The normalized spacial score (nSPS) is 18.3. The molecule has 0 unspecified atom stereocenters. The van der Waals surface area contributed by atoms with Gasteiger partial charge >= 0.3 is 5.97 Å². The summed E-state index contributed by atoms with van der Waals surface area (Å²) < 4.78 is 18.4. The van der Waals surface area contributed by atoms with Gasteiger partial charge in [0.25, 0.3) is 0 Å². The molecule has 0 N–H and O–H groups in total. The van der Waals surface area contributed by atoms with Crippen LogP contribution in [0.3, 0.4) is 0 Å². The molecule has 2 fully saturated rings. The van der Waals surface area contributed by atoms with Crippen molar-refractivity contribution in [2.24, 2.45) is 0 Å². The van der Waals surface area contributed by atoms with Crippen LogP contribution in [-0.4, -0.2) is 72.6 Å². The monoisotopic (exact) mass is 477 g/mol. The molecule has 2 saturated heterocycles. The van der Waals surface area contributed by atoms with E-state index in [1.165, 1.54) is 19.2 Å². The lowest BCUT2D eigenvalue weighted by Crippen LogP contribution is -2.54. The number of anilines is 2. The summed E-state index contributed by atoms with van der Waals surface area (Å²) in [5, 5.41) is 0.687. The Morgan fingerprint density at radius 1 is 1.00 bits per heavy atom. The summed E-state index contributed by atoms with van der Waals surface area (Å²) in [5.74, 6) is -0.0407. The minimum atomic E-state index is -0.356. The fourth-order valence-corrected chi connectivity index (χ4v) is 4.95. The second-order valence-electron chi connectivity index (χ2n) is 8.97. The first-order valence-electron chi connectivity index (χ1n) is 11.9. The Hall–Kier alpha value is -3.75. The van der Waals surface area contributed by atoms with E-state index in [9.17, 15) is 14.0 Å². The van der Waals surface area contributed by atoms with E-state index in [1.54, 1.807) is 18.2 Å². The lowest BCUT2D eigenvalue weighted by Gasteiger charge is -2.38. The highest BCUT2D eigenvalue weighted by molar-refractivity contribution is 5.90. The number of fused-ring (bicyclic) bond motifs is 1. The zero-order valence-corrected chi connectivity index (χ0v) is 19.9. The number of methoxy groups -OCH3 is 1. The summed E-state index contributed by atoms with van der Waals surface area (Å²) in [7, 11) is 1.37. The molecule has 9 heteroatoms. The molecule has 182 valence electrons. The Morgan fingerprint density at radius 3 is 2.46 bits per heavy atom. The number of rotatable bonds is 4. The summed E-state index contributed by atoms with van der Waals surface area (Å²) in [6, 6.07) is 11.5. The fraction of sp³-hybridized carbons (Fsp3) is 0.385. The Morgan fingerprint density at radius 2 is 1.74 bits per heavy atom. The van der Waals surface area contributed by atoms with Crippen LogP contribution in [0, 0.1) is 12.7 Å². The van der Waals surface area contributed by atoms with E-state index in [0.29, 0.717) is 54.3 Å². The molecule has 1 aromatic heterocycles. The van der Waals surface area contributed by atoms with Crippen LogP contribution in [0.25, 0.3) is 10.9 Å². The highest BCUT2D eigenvalue weighted by atomic mass is 19.1. The van der Waals surface area contributed by atoms with Crippen molar-refractivity contribution in [3.05, 3.63) is 59.5 Å². The average Bonchev–Trinajstić information content (AvgIpc) is 3.38. The first-order valence-corrected chi connectivity index (χ1v) is 11.9. The van der Waals surface area contributed by atoms with E-state index >= 15 is 0 Å². The predicted molar refractivity (Wildman–Crippen MR) is 131 cm³/mol. The molecule has 0 bridgehead atoms. The first-order chi connectivity index (χ1) is 16.9. The first kappa shape index (κ1) is 23.0. The molecular weight excluding hydrogens is 449 g/mol. The Labute approximate surface area is 203 Å². The van der Waals surface area contributed by atoms with Crippen LogP contribution in [0.2, 0.25) is 0 Å². The van der Waals surface area contributed by atoms with E-state index < -0.39 is 0 Å². The van der Waals surface area contributed by atoms with Crippen molar-refractivity contribution in [2.75, 3.05) is 49.6 Å². The van der Waals surface area contributed by atoms with Gasteiger partial charge in [-0.2, -0.15) is 0 Å². The molecule has 1 amide bonds. The van der Waals surface area contributed by atoms with Gasteiger partial charge in [0, 0.05) is 43.8 Å². The summed E-state index contributed by atoms with van der Waals surface area (Å²) in [6.45, 7) is 5.24. The maximum Gasteiger partial charge on any atom is 0.337 e. The van der Waals surface area contributed by atoms with Gasteiger partial charge in [0.15, 0.2) is 0 Å². The largest absolute Gasteiger partial charge is 0.465 e. The molecule has 0 spiro atoms. The number of aryl methyl sites for hydroxylation is 1. The number of carbonyl (C=O) groups is 2. The number of esters is 1. The van der Waals surface area contributed by atoms with Gasteiger partial charge in [0.2, 0.25) is 11.9 Å². The van der Waals surface area contributed by atoms with Crippen molar-refractivity contribution in [3.63, 3.8) is 0 Å². The Kier molecular flexibility index (Phi) is 6.23. The van der Waals surface area contributed by atoms with Gasteiger partial charge in [0.05, 0.1) is 23.9 Å². The molecule has 0 radical (unpaired) electrons. The maximum absolute atomic E-state index is 13.7. The molecule has 2 aliphatic rings. The third kappa shape index (κ3) is 4.50. The van der Waals surface area contributed by atoms with Gasteiger partial charge in [0.1, 0.15) is 11.9 Å². The molecule has 8 nitrogen and oxygen atoms in total. The minimum Gasteiger partial charge on any atom is -0.465 e. The highest BCUT2D eigenvalue weighted by Crippen LogP contribution is 2.28. The van der Waals surface area contributed by atoms with Crippen LogP contribution in [0.15, 0.2) is 42.5 Å². The van der Waals surface area contributed by atoms with E-state index in [1.807, 2.05) is 28.9 Å². The molecule has 0 saturated carbocycles. The lowest BCUT2D eigenvalue weighted by molar-refractivity contribution is -0.132. The Balaban J connectivity index is 1.26. The number of piperazine rings is 1. The molecule has 1 atom stereocenters. The molecular formula is C26H28FN5O3. The fourth-order valence-electron chi connectivity index (χ4n) is 4.95. The topological polar surface area (TPSA) is 78.9 Å². The van der Waals surface area contributed by atoms with Crippen molar-refractivity contribution < 1.29 is 18.7 Å². The average molecular weight is 478 g/mol. The van der Waals surface area contributed by atoms with Crippen molar-refractivity contribution in [1.29, 1.82) is 0 Å². The van der Waals surface area contributed by atoms with Gasteiger partial charge in [-0.05, 0) is 62.2 Å². The second kappa shape index (κ2) is 9.48. The number of amides is 1. The van der Waals surface area contributed by atoms with Crippen LogP contribution in [0.1, 0.15) is 28.9 Å². The molecule has 2 aromatic carbocycles. The van der Waals surface area contributed by atoms with Crippen molar-refractivity contribution >= 4 is 34.4 Å². The minimum absolute atomic E-state index is 0.101. The number of benzene rings is 2. The Bertz CT molecular complexity index is 1260. The van der Waals surface area contributed by atoms with Crippen LogP contribution in [0.5, 0.6) is 0 Å². The summed E-state index contributed by atoms with van der Waals surface area (Å²) >= 11 is 0. The van der Waals surface area contributed by atoms with Gasteiger partial charge in [-0.1, -0.05) is 0 Å². The van der Waals surface area contributed by atoms with Crippen LogP contribution in [0.4, 0.5) is 16.0 Å². The number of halogens is 1. The highest BCUT2D eigenvalue weighted by Gasteiger charge is 2.36. The second-order valence-corrected chi connectivity index (χ2v) is 8.97. The smallest absolute Gasteiger partial charge is 0.337 e. The molecule has 2 aliphatic heterocycles. The number of nitrogens with zero attached hydrogens (tertiary/aromatic N) is 5. The van der Waals surface area contributed by atoms with E-state index in [0.717, 1.165) is 25.1 Å². The summed E-state index contributed by atoms with van der Waals surface area (Å²) in [6.07, 6.45) is 1.66. The van der Waals surface area contributed by atoms with E-state index in [-0.39, 0.29) is 23.7 Å². The van der Waals surface area contributed by atoms with Crippen LogP contribution < -0.4 is 9.80 Å². The van der Waals surface area contributed by atoms with Gasteiger partial charge in [-0.15, -0.1) is 0 Å². The molecule has 3 heterocycles. The zero-order valence-electron chi connectivity index (χ0n) is 19.9. The summed E-state index contributed by atoms with van der Waals surface area (Å²) in [5.41, 5.74) is 2.92. The maximum atomic E-state index is 13.7. The van der Waals surface area contributed by atoms with Crippen LogP contribution >= 0.6 is 0 Å². The van der Waals surface area contributed by atoms with Gasteiger partial charge < -0.3 is 19.4 Å². The molecule has 3 aromatic rings. The zero-order chi connectivity index (χ0) is 24.5. The number of carbonyl (C=O) groups excluding carboxylic acids is 2. The standard InChI is InChI=1S/C26H28FN5O3/c1-17-21-16-19(27)7-10-22(21)29-26(28-17)32-11-3-4-23(32)24(33)31-14-12-30(13-15-31)20-8-5-18(6-9-20)25(34)35-2/h5-10,16,23H,3-4,11-15H2,1-2H3/t23-/m1/s1. The number of aromatic nitrogens is 2. The third-order valence-electron chi connectivity index (χ3n) is 6.88. The van der Waals surface area contributed by atoms with E-state index in [2.05, 4.69) is 14.9 Å². The number of ether oxygens (including phenoxy) is 1. The van der Waals surface area contributed by atoms with Gasteiger partial charge in [-0.25, -0.2) is 19.2 Å². The number of hydrogen-bond acceptors (Lipinski definition) is 7. The number of hydrogen-bond donors (Lipinski definition) is 0. The van der Waals surface area contributed by atoms with Crippen molar-refractivity contribution in [2.45, 2.75) is 25.8 Å². The predicted octanol–water partition coefficient (Wildman–Crippen LogP) is 3.18.